The van der Waals surface area contributed by atoms with Crippen molar-refractivity contribution in [1.29, 1.82) is 0 Å². The highest BCUT2D eigenvalue weighted by Gasteiger charge is 2.10. The number of rotatable bonds is 4. The van der Waals surface area contributed by atoms with Gasteiger partial charge in [-0.2, -0.15) is 0 Å². The van der Waals surface area contributed by atoms with Gasteiger partial charge >= 0.3 is 0 Å². The third-order valence-electron chi connectivity index (χ3n) is 3.39. The quantitative estimate of drug-likeness (QED) is 0.636. The summed E-state index contributed by atoms with van der Waals surface area (Å²) in [6.45, 7) is 2.28. The Hall–Kier alpha value is -1.74. The number of hydrogen-bond donors (Lipinski definition) is 1. The molecule has 0 fully saturated rings. The van der Waals surface area contributed by atoms with Crippen molar-refractivity contribution in [2.24, 2.45) is 0 Å². The molecular formula is C16H14IN3O2S. The number of hydrogen-bond acceptors (Lipinski definition) is 4. The lowest BCUT2D eigenvalue weighted by atomic mass is 10.2. The van der Waals surface area contributed by atoms with E-state index >= 15 is 0 Å². The van der Waals surface area contributed by atoms with Gasteiger partial charge in [-0.25, -0.2) is 4.98 Å². The Labute approximate surface area is 150 Å². The smallest absolute Gasteiger partial charge is 0.258 e. The second-order valence-corrected chi connectivity index (χ2v) is 7.07. The molecule has 0 bridgehead atoms. The monoisotopic (exact) mass is 439 g/mol. The van der Waals surface area contributed by atoms with Crippen molar-refractivity contribution < 1.29 is 4.79 Å². The number of amides is 1. The highest BCUT2D eigenvalue weighted by molar-refractivity contribution is 14.1. The number of benzene rings is 1. The van der Waals surface area contributed by atoms with Crippen molar-refractivity contribution in [2.45, 2.75) is 13.3 Å². The van der Waals surface area contributed by atoms with E-state index in [1.165, 1.54) is 17.4 Å². The van der Waals surface area contributed by atoms with E-state index in [0.29, 0.717) is 23.5 Å². The Morgan fingerprint density at radius 3 is 2.96 bits per heavy atom. The number of carbonyl (C=O) groups excluding carboxylic acids is 1. The molecule has 0 aliphatic carbocycles. The summed E-state index contributed by atoms with van der Waals surface area (Å²) in [5.41, 5.74) is 2.17. The molecular weight excluding hydrogens is 425 g/mol. The molecule has 2 heterocycles. The molecule has 2 aromatic heterocycles. The average Bonchev–Trinajstić information content (AvgIpc) is 2.90. The molecule has 5 nitrogen and oxygen atoms in total. The van der Waals surface area contributed by atoms with E-state index < -0.39 is 0 Å². The molecule has 0 unspecified atom stereocenters. The fourth-order valence-corrected chi connectivity index (χ4v) is 3.91. The maximum Gasteiger partial charge on any atom is 0.258 e. The van der Waals surface area contributed by atoms with Crippen molar-refractivity contribution in [1.82, 2.24) is 14.7 Å². The van der Waals surface area contributed by atoms with Crippen LogP contribution in [-0.4, -0.2) is 21.8 Å². The van der Waals surface area contributed by atoms with Crippen LogP contribution in [0.1, 0.15) is 21.7 Å². The summed E-state index contributed by atoms with van der Waals surface area (Å²) in [6, 6.07) is 8.96. The van der Waals surface area contributed by atoms with Crippen LogP contribution in [0.2, 0.25) is 0 Å². The van der Waals surface area contributed by atoms with Gasteiger partial charge in [-0.05, 0) is 41.6 Å². The Morgan fingerprint density at radius 1 is 1.39 bits per heavy atom. The Morgan fingerprint density at radius 2 is 2.17 bits per heavy atom. The minimum absolute atomic E-state index is 0.0762. The molecule has 0 saturated carbocycles. The molecule has 118 valence electrons. The van der Waals surface area contributed by atoms with Crippen LogP contribution < -0.4 is 10.9 Å². The molecule has 0 aliphatic heterocycles. The van der Waals surface area contributed by atoms with Gasteiger partial charge in [0.15, 0.2) is 4.96 Å². The summed E-state index contributed by atoms with van der Waals surface area (Å²) >= 11 is 3.58. The van der Waals surface area contributed by atoms with Crippen LogP contribution in [-0.2, 0) is 6.42 Å². The first-order valence-corrected chi connectivity index (χ1v) is 9.01. The summed E-state index contributed by atoms with van der Waals surface area (Å²) in [6.07, 6.45) is 0.583. The number of fused-ring (bicyclic) bond motifs is 1. The van der Waals surface area contributed by atoms with Gasteiger partial charge in [0.1, 0.15) is 0 Å². The normalized spacial score (nSPS) is 10.9. The first-order valence-electron chi connectivity index (χ1n) is 7.06. The van der Waals surface area contributed by atoms with Crippen molar-refractivity contribution in [3.8, 4) is 0 Å². The molecule has 0 atom stereocenters. The molecule has 23 heavy (non-hydrogen) atoms. The summed E-state index contributed by atoms with van der Waals surface area (Å²) in [7, 11) is 0. The lowest BCUT2D eigenvalue weighted by Crippen LogP contribution is -2.27. The summed E-state index contributed by atoms with van der Waals surface area (Å²) in [5, 5.41) is 4.82. The molecule has 3 rings (SSSR count). The van der Waals surface area contributed by atoms with Crippen molar-refractivity contribution in [2.75, 3.05) is 6.54 Å². The Bertz CT molecular complexity index is 932. The zero-order chi connectivity index (χ0) is 16.4. The van der Waals surface area contributed by atoms with Crippen LogP contribution >= 0.6 is 33.9 Å². The molecule has 0 radical (unpaired) electrons. The standard InChI is InChI=1S/C16H14IN3O2S/c1-10-8-14(21)20-11(9-23-16(20)19-10)6-7-18-15(22)12-4-2-3-5-13(12)17/h2-5,8-9H,6-7H2,1H3,(H,18,22). The van der Waals surface area contributed by atoms with Gasteiger partial charge in [-0.1, -0.05) is 12.1 Å². The number of aromatic nitrogens is 2. The lowest BCUT2D eigenvalue weighted by molar-refractivity contribution is 0.0953. The van der Waals surface area contributed by atoms with Gasteiger partial charge in [0.2, 0.25) is 0 Å². The van der Waals surface area contributed by atoms with Gasteiger partial charge in [0.25, 0.3) is 11.5 Å². The minimum Gasteiger partial charge on any atom is -0.352 e. The maximum absolute atomic E-state index is 12.2. The number of carbonyl (C=O) groups is 1. The van der Waals surface area contributed by atoms with Gasteiger partial charge in [0, 0.05) is 39.4 Å². The molecule has 1 aromatic carbocycles. The van der Waals surface area contributed by atoms with E-state index in [1.54, 1.807) is 10.5 Å². The molecule has 1 amide bonds. The third-order valence-corrected chi connectivity index (χ3v) is 5.20. The number of nitrogens with zero attached hydrogens (tertiary/aromatic N) is 2. The van der Waals surface area contributed by atoms with Crippen LogP contribution in [0.4, 0.5) is 0 Å². The van der Waals surface area contributed by atoms with E-state index in [1.807, 2.05) is 30.5 Å². The number of halogens is 1. The summed E-state index contributed by atoms with van der Waals surface area (Å²) in [4.78, 5) is 29.3. The zero-order valence-corrected chi connectivity index (χ0v) is 15.3. The second-order valence-electron chi connectivity index (χ2n) is 5.07. The topological polar surface area (TPSA) is 63.5 Å². The van der Waals surface area contributed by atoms with Crippen LogP contribution in [0.3, 0.4) is 0 Å². The van der Waals surface area contributed by atoms with Crippen LogP contribution in [0.5, 0.6) is 0 Å². The molecule has 1 N–H and O–H groups in total. The zero-order valence-electron chi connectivity index (χ0n) is 12.4. The lowest BCUT2D eigenvalue weighted by Gasteiger charge is -2.06. The van der Waals surface area contributed by atoms with E-state index in [-0.39, 0.29) is 11.5 Å². The molecule has 0 aliphatic rings. The third kappa shape index (κ3) is 3.45. The fourth-order valence-electron chi connectivity index (χ4n) is 2.30. The Balaban J connectivity index is 1.71. The molecule has 0 spiro atoms. The van der Waals surface area contributed by atoms with E-state index in [2.05, 4.69) is 32.9 Å². The highest BCUT2D eigenvalue weighted by Crippen LogP contribution is 2.13. The SMILES string of the molecule is Cc1cc(=O)n2c(CCNC(=O)c3ccccc3I)csc2n1. The first kappa shape index (κ1) is 16.1. The minimum atomic E-state index is -0.101. The number of aryl methyl sites for hydroxylation is 1. The predicted molar refractivity (Wildman–Crippen MR) is 99.3 cm³/mol. The summed E-state index contributed by atoms with van der Waals surface area (Å²) in [5.74, 6) is -0.101. The van der Waals surface area contributed by atoms with Crippen LogP contribution in [0.25, 0.3) is 4.96 Å². The highest BCUT2D eigenvalue weighted by atomic mass is 127. The van der Waals surface area contributed by atoms with E-state index in [4.69, 9.17) is 0 Å². The molecule has 0 saturated heterocycles. The Kier molecular flexibility index (Phi) is 4.76. The largest absolute Gasteiger partial charge is 0.352 e. The van der Waals surface area contributed by atoms with Gasteiger partial charge in [-0.3, -0.25) is 14.0 Å². The predicted octanol–water partition coefficient (Wildman–Crippen LogP) is 2.64. The van der Waals surface area contributed by atoms with Crippen molar-refractivity contribution >= 4 is 44.8 Å². The maximum atomic E-state index is 12.2. The van der Waals surface area contributed by atoms with Gasteiger partial charge < -0.3 is 5.32 Å². The van der Waals surface area contributed by atoms with Gasteiger partial charge in [0.05, 0.1) is 5.56 Å². The van der Waals surface area contributed by atoms with Crippen molar-refractivity contribution in [3.05, 3.63) is 66.6 Å². The van der Waals surface area contributed by atoms with E-state index in [0.717, 1.165) is 15.0 Å². The first-order chi connectivity index (χ1) is 11.1. The van der Waals surface area contributed by atoms with Crippen molar-refractivity contribution in [3.63, 3.8) is 0 Å². The molecule has 7 heteroatoms. The summed E-state index contributed by atoms with van der Waals surface area (Å²) < 4.78 is 2.52. The van der Waals surface area contributed by atoms with Gasteiger partial charge in [-0.15, -0.1) is 11.3 Å². The average molecular weight is 439 g/mol. The number of nitrogens with one attached hydrogen (secondary N) is 1. The number of thiazole rings is 1. The van der Waals surface area contributed by atoms with Crippen LogP contribution in [0.15, 0.2) is 40.5 Å². The second kappa shape index (κ2) is 6.79. The van der Waals surface area contributed by atoms with E-state index in [9.17, 15) is 9.59 Å². The fraction of sp³-hybridized carbons (Fsp3) is 0.188. The van der Waals surface area contributed by atoms with Crippen LogP contribution in [0, 0.1) is 10.5 Å². The molecule has 3 aromatic rings.